The van der Waals surface area contributed by atoms with Crippen molar-refractivity contribution in [3.05, 3.63) is 35.9 Å². The number of carbonyl (C=O) groups is 2. The van der Waals surface area contributed by atoms with E-state index in [0.717, 1.165) is 12.8 Å². The Bertz CT molecular complexity index is 523. The van der Waals surface area contributed by atoms with Crippen molar-refractivity contribution in [3.63, 3.8) is 0 Å². The van der Waals surface area contributed by atoms with Crippen LogP contribution in [0, 0.1) is 0 Å². The molecule has 29 heavy (non-hydrogen) atoms. The average molecular weight is 429 g/mol. The second-order valence-corrected chi connectivity index (χ2v) is 8.20. The van der Waals surface area contributed by atoms with E-state index in [4.69, 9.17) is 0 Å². The maximum absolute atomic E-state index is 12.0. The van der Waals surface area contributed by atoms with Gasteiger partial charge in [-0.1, -0.05) is 127 Å². The van der Waals surface area contributed by atoms with Gasteiger partial charge in [-0.2, -0.15) is 0 Å². The molecule has 0 saturated carbocycles. The normalized spacial score (nSPS) is 10.5. The Kier molecular flexibility index (Phi) is 20.9. The molecule has 0 fully saturated rings. The van der Waals surface area contributed by atoms with Crippen LogP contribution in [0.15, 0.2) is 30.3 Å². The van der Waals surface area contributed by atoms with Gasteiger partial charge in [-0.15, -0.1) is 0 Å². The molecule has 1 rings (SSSR count). The van der Waals surface area contributed by atoms with Gasteiger partial charge in [0.1, 0.15) is 5.78 Å². The summed E-state index contributed by atoms with van der Waals surface area (Å²) in [6.07, 6.45) is 20.5. The molecule has 0 unspecified atom stereocenters. The van der Waals surface area contributed by atoms with Gasteiger partial charge in [0.05, 0.1) is 6.42 Å². The number of unbranched alkanes of at least 4 members (excludes halogenated alkanes) is 14. The molecule has 0 atom stereocenters. The minimum Gasteiger partial charge on any atom is -1.00 e. The summed E-state index contributed by atoms with van der Waals surface area (Å²) in [5, 5.41) is 0. The first kappa shape index (κ1) is 28.8. The summed E-state index contributed by atoms with van der Waals surface area (Å²) in [4.78, 5) is 23.9. The molecule has 3 heteroatoms. The number of hydrogen-bond acceptors (Lipinski definition) is 2. The van der Waals surface area contributed by atoms with Crippen LogP contribution in [0.1, 0.15) is 129 Å². The van der Waals surface area contributed by atoms with E-state index in [-0.39, 0.29) is 58.6 Å². The van der Waals surface area contributed by atoms with Gasteiger partial charge in [0.25, 0.3) is 0 Å². The maximum atomic E-state index is 12.0. The van der Waals surface area contributed by atoms with Gasteiger partial charge >= 0.3 is 37.7 Å². The smallest absolute Gasteiger partial charge is 1.00 e. The van der Waals surface area contributed by atoms with Crippen LogP contribution in [-0.2, 0) is 4.79 Å². The second kappa shape index (κ2) is 21.1. The van der Waals surface area contributed by atoms with Crippen LogP contribution in [0.4, 0.5) is 0 Å². The van der Waals surface area contributed by atoms with Gasteiger partial charge < -0.3 is 2.85 Å². The number of carbonyl (C=O) groups excluding carboxylic acids is 2. The molecule has 0 bridgehead atoms. The van der Waals surface area contributed by atoms with E-state index in [2.05, 4.69) is 6.92 Å². The number of Topliss-reactive ketones (excluding diaryl/α,β-unsaturated/α-hetero) is 2. The van der Waals surface area contributed by atoms with Gasteiger partial charge in [0, 0.05) is 12.0 Å². The standard InChI is InChI=1S/C26H42O2.Ca.2H/c1-2-3-4-5-6-7-8-9-10-11-12-13-14-15-19-22-25(27)23-26(28)24-20-17-16-18-21-24;;;/h16-18,20-21H,2-15,19,22-23H2,1H3;;;/q;+2;2*-1. The fourth-order valence-electron chi connectivity index (χ4n) is 3.69. The van der Waals surface area contributed by atoms with Crippen LogP contribution < -0.4 is 0 Å². The summed E-state index contributed by atoms with van der Waals surface area (Å²) >= 11 is 0. The molecule has 0 aliphatic carbocycles. The Labute approximate surface area is 212 Å². The van der Waals surface area contributed by atoms with Crippen LogP contribution in [0.5, 0.6) is 0 Å². The van der Waals surface area contributed by atoms with Gasteiger partial charge in [-0.25, -0.2) is 0 Å². The van der Waals surface area contributed by atoms with Crippen LogP contribution >= 0.6 is 0 Å². The van der Waals surface area contributed by atoms with E-state index in [1.165, 1.54) is 83.5 Å². The van der Waals surface area contributed by atoms with Crippen molar-refractivity contribution >= 4 is 49.3 Å². The molecule has 1 aromatic rings. The van der Waals surface area contributed by atoms with Gasteiger partial charge in [0.15, 0.2) is 5.78 Å². The molecule has 0 heterocycles. The Morgan fingerprint density at radius 2 is 1.07 bits per heavy atom. The topological polar surface area (TPSA) is 34.1 Å². The fourth-order valence-corrected chi connectivity index (χ4v) is 3.69. The first-order chi connectivity index (χ1) is 13.7. The molecule has 0 spiro atoms. The Morgan fingerprint density at radius 1 is 0.655 bits per heavy atom. The fraction of sp³-hybridized carbons (Fsp3) is 0.692. The average Bonchev–Trinajstić information content (AvgIpc) is 2.71. The first-order valence-electron chi connectivity index (χ1n) is 11.8. The predicted molar refractivity (Wildman–Crippen MR) is 128 cm³/mol. The Balaban J connectivity index is -0.00000261. The zero-order chi connectivity index (χ0) is 20.3. The summed E-state index contributed by atoms with van der Waals surface area (Å²) in [5.41, 5.74) is 0.646. The van der Waals surface area contributed by atoms with Crippen molar-refractivity contribution in [2.75, 3.05) is 0 Å². The second-order valence-electron chi connectivity index (χ2n) is 8.20. The SMILES string of the molecule is CCCCCCCCCCCCCCCCCC(=O)CC(=O)c1ccccc1.[Ca+2].[H-].[H-]. The number of hydrogen-bond donors (Lipinski definition) is 0. The van der Waals surface area contributed by atoms with Crippen LogP contribution in [0.3, 0.4) is 0 Å². The van der Waals surface area contributed by atoms with Crippen molar-refractivity contribution in [2.45, 2.75) is 116 Å². The number of rotatable bonds is 19. The third kappa shape index (κ3) is 17.2. The summed E-state index contributed by atoms with van der Waals surface area (Å²) in [7, 11) is 0. The minimum absolute atomic E-state index is 0. The maximum Gasteiger partial charge on any atom is 2.00 e. The van der Waals surface area contributed by atoms with Crippen LogP contribution in [0.2, 0.25) is 0 Å². The van der Waals surface area contributed by atoms with E-state index in [1.807, 2.05) is 18.2 Å². The third-order valence-corrected chi connectivity index (χ3v) is 5.51. The molecule has 0 aliphatic rings. The quantitative estimate of drug-likeness (QED) is 0.0970. The molecule has 2 nitrogen and oxygen atoms in total. The van der Waals surface area contributed by atoms with Gasteiger partial charge in [-0.3, -0.25) is 9.59 Å². The zero-order valence-corrected chi connectivity index (χ0v) is 21.1. The minimum atomic E-state index is -0.0495. The largest absolute Gasteiger partial charge is 2.00 e. The zero-order valence-electron chi connectivity index (χ0n) is 20.9. The van der Waals surface area contributed by atoms with Gasteiger partial charge in [0.2, 0.25) is 0 Å². The number of ketones is 2. The van der Waals surface area contributed by atoms with Crippen molar-refractivity contribution in [1.82, 2.24) is 0 Å². The summed E-state index contributed by atoms with van der Waals surface area (Å²) in [6, 6.07) is 9.12. The molecule has 162 valence electrons. The molecule has 1 aromatic carbocycles. The summed E-state index contributed by atoms with van der Waals surface area (Å²) in [6.45, 7) is 2.27. The van der Waals surface area contributed by atoms with E-state index in [0.29, 0.717) is 12.0 Å². The molecule has 0 N–H and O–H groups in total. The number of benzene rings is 1. The molecular formula is C26H44CaO2. The molecular weight excluding hydrogens is 384 g/mol. The monoisotopic (exact) mass is 428 g/mol. The van der Waals surface area contributed by atoms with Crippen LogP contribution in [-0.4, -0.2) is 49.3 Å². The molecule has 0 radical (unpaired) electrons. The Hall–Kier alpha value is -0.180. The molecule has 0 aliphatic heterocycles. The Morgan fingerprint density at radius 3 is 1.52 bits per heavy atom. The van der Waals surface area contributed by atoms with E-state index < -0.39 is 0 Å². The van der Waals surface area contributed by atoms with E-state index >= 15 is 0 Å². The van der Waals surface area contributed by atoms with Crippen molar-refractivity contribution < 1.29 is 12.4 Å². The molecule has 0 aromatic heterocycles. The van der Waals surface area contributed by atoms with Gasteiger partial charge in [-0.05, 0) is 6.42 Å². The molecule has 0 amide bonds. The van der Waals surface area contributed by atoms with E-state index in [9.17, 15) is 9.59 Å². The van der Waals surface area contributed by atoms with Crippen molar-refractivity contribution in [1.29, 1.82) is 0 Å². The summed E-state index contributed by atoms with van der Waals surface area (Å²) in [5.74, 6) is 0.0371. The first-order valence-corrected chi connectivity index (χ1v) is 11.8. The predicted octanol–water partition coefficient (Wildman–Crippen LogP) is 7.93. The van der Waals surface area contributed by atoms with Crippen molar-refractivity contribution in [2.24, 2.45) is 0 Å². The van der Waals surface area contributed by atoms with E-state index in [1.54, 1.807) is 12.1 Å². The van der Waals surface area contributed by atoms with Crippen molar-refractivity contribution in [3.8, 4) is 0 Å². The summed E-state index contributed by atoms with van der Waals surface area (Å²) < 4.78 is 0. The molecule has 0 saturated heterocycles. The van der Waals surface area contributed by atoms with Crippen LogP contribution in [0.25, 0.3) is 0 Å². The third-order valence-electron chi connectivity index (χ3n) is 5.51.